The summed E-state index contributed by atoms with van der Waals surface area (Å²) in [4.78, 5) is 20.1. The molecule has 0 aliphatic heterocycles. The molecule has 2 N–H and O–H groups in total. The Bertz CT molecular complexity index is 807. The Labute approximate surface area is 127 Å². The summed E-state index contributed by atoms with van der Waals surface area (Å²) in [6.45, 7) is 0. The molecule has 108 valence electrons. The second kappa shape index (κ2) is 6.05. The summed E-state index contributed by atoms with van der Waals surface area (Å²) < 4.78 is 1.71. The zero-order valence-electron chi connectivity index (χ0n) is 11.8. The molecular formula is C17H14N4O. The number of nitrogens with two attached hydrogens (primary N) is 1. The van der Waals surface area contributed by atoms with Crippen LogP contribution in [0.5, 0.6) is 0 Å². The van der Waals surface area contributed by atoms with Gasteiger partial charge in [0.05, 0.1) is 11.1 Å². The van der Waals surface area contributed by atoms with Crippen molar-refractivity contribution in [2.24, 2.45) is 0 Å². The molecule has 3 aromatic rings. The highest BCUT2D eigenvalue weighted by Gasteiger charge is 2.15. The van der Waals surface area contributed by atoms with Crippen LogP contribution in [0.2, 0.25) is 0 Å². The lowest BCUT2D eigenvalue weighted by Crippen LogP contribution is -2.06. The molecule has 0 spiro atoms. The molecular weight excluding hydrogens is 276 g/mol. The molecule has 0 aliphatic carbocycles. The van der Waals surface area contributed by atoms with Crippen molar-refractivity contribution in [3.8, 4) is 0 Å². The highest BCUT2D eigenvalue weighted by molar-refractivity contribution is 6.11. The van der Waals surface area contributed by atoms with E-state index in [0.717, 1.165) is 5.56 Å². The van der Waals surface area contributed by atoms with Gasteiger partial charge in [0.2, 0.25) is 0 Å². The van der Waals surface area contributed by atoms with E-state index in [9.17, 15) is 4.79 Å². The molecule has 0 saturated carbocycles. The van der Waals surface area contributed by atoms with Gasteiger partial charge in [-0.25, -0.2) is 9.97 Å². The quantitative estimate of drug-likeness (QED) is 0.750. The maximum Gasteiger partial charge on any atom is 0.199 e. The minimum absolute atomic E-state index is 0.190. The van der Waals surface area contributed by atoms with Gasteiger partial charge in [-0.05, 0) is 17.7 Å². The molecule has 0 atom stereocenters. The Hall–Kier alpha value is -3.21. The number of carbonyl (C=O) groups excluding carboxylic acids is 1. The van der Waals surface area contributed by atoms with Crippen LogP contribution in [0.1, 0.15) is 21.5 Å². The van der Waals surface area contributed by atoms with Crippen LogP contribution in [-0.4, -0.2) is 20.3 Å². The van der Waals surface area contributed by atoms with Crippen molar-refractivity contribution in [2.75, 3.05) is 5.73 Å². The fourth-order valence-electron chi connectivity index (χ4n) is 2.08. The average Bonchev–Trinajstić information content (AvgIpc) is 2.95. The highest BCUT2D eigenvalue weighted by Crippen LogP contribution is 2.18. The fourth-order valence-corrected chi connectivity index (χ4v) is 2.08. The molecule has 2 aromatic heterocycles. The van der Waals surface area contributed by atoms with Gasteiger partial charge in [-0.15, -0.1) is 0 Å². The molecule has 2 heterocycles. The van der Waals surface area contributed by atoms with Gasteiger partial charge in [0.25, 0.3) is 0 Å². The molecule has 0 aliphatic rings. The third-order valence-electron chi connectivity index (χ3n) is 3.25. The van der Waals surface area contributed by atoms with Crippen molar-refractivity contribution in [1.82, 2.24) is 14.5 Å². The largest absolute Gasteiger partial charge is 0.384 e. The maximum atomic E-state index is 12.4. The van der Waals surface area contributed by atoms with E-state index in [-0.39, 0.29) is 5.78 Å². The Morgan fingerprint density at radius 2 is 1.82 bits per heavy atom. The van der Waals surface area contributed by atoms with Crippen molar-refractivity contribution in [2.45, 2.75) is 0 Å². The summed E-state index contributed by atoms with van der Waals surface area (Å²) in [5.74, 6) is 0.200. The highest BCUT2D eigenvalue weighted by atomic mass is 16.1. The lowest BCUT2D eigenvalue weighted by atomic mass is 10.1. The van der Waals surface area contributed by atoms with Crippen molar-refractivity contribution in [3.63, 3.8) is 0 Å². The first kappa shape index (κ1) is 13.8. The first-order valence-electron chi connectivity index (χ1n) is 6.75. The number of carbonyl (C=O) groups is 1. The summed E-state index contributed by atoms with van der Waals surface area (Å²) in [5, 5.41) is 0. The van der Waals surface area contributed by atoms with Crippen LogP contribution in [0.15, 0.2) is 61.3 Å². The molecule has 0 fully saturated rings. The monoisotopic (exact) mass is 290 g/mol. The van der Waals surface area contributed by atoms with E-state index in [4.69, 9.17) is 5.73 Å². The zero-order chi connectivity index (χ0) is 15.4. The molecule has 0 amide bonds. The van der Waals surface area contributed by atoms with Crippen LogP contribution in [0.3, 0.4) is 0 Å². The van der Waals surface area contributed by atoms with Gasteiger partial charge in [-0.2, -0.15) is 0 Å². The Morgan fingerprint density at radius 1 is 1.09 bits per heavy atom. The fraction of sp³-hybridized carbons (Fsp3) is 0. The molecule has 0 radical (unpaired) electrons. The number of aromatic nitrogens is 3. The van der Waals surface area contributed by atoms with Gasteiger partial charge in [-0.3, -0.25) is 4.79 Å². The van der Waals surface area contributed by atoms with Crippen LogP contribution >= 0.6 is 0 Å². The second-order valence-corrected chi connectivity index (χ2v) is 4.70. The number of nitrogens with zero attached hydrogens (tertiary/aromatic N) is 3. The SMILES string of the molecule is Nc1c(C(=O)c2cncnc2)ccn1C=Cc1ccccc1. The van der Waals surface area contributed by atoms with Gasteiger partial charge in [0.1, 0.15) is 12.1 Å². The summed E-state index contributed by atoms with van der Waals surface area (Å²) in [5.41, 5.74) is 7.96. The standard InChI is InChI=1S/C17H14N4O/c18-17-15(16(22)14-10-19-12-20-11-14)7-9-21(17)8-6-13-4-2-1-3-5-13/h1-12H,18H2. The maximum absolute atomic E-state index is 12.4. The molecule has 5 heteroatoms. The predicted molar refractivity (Wildman–Crippen MR) is 86.0 cm³/mol. The summed E-state index contributed by atoms with van der Waals surface area (Å²) >= 11 is 0. The van der Waals surface area contributed by atoms with E-state index in [1.54, 1.807) is 16.8 Å². The number of nitrogen functional groups attached to an aromatic ring is 1. The molecule has 0 saturated heterocycles. The van der Waals surface area contributed by atoms with Gasteiger partial charge in [0, 0.05) is 24.8 Å². The number of hydrogen-bond donors (Lipinski definition) is 1. The molecule has 22 heavy (non-hydrogen) atoms. The Kier molecular flexibility index (Phi) is 3.78. The van der Waals surface area contributed by atoms with E-state index in [2.05, 4.69) is 9.97 Å². The Morgan fingerprint density at radius 3 is 2.55 bits per heavy atom. The third kappa shape index (κ3) is 2.78. The van der Waals surface area contributed by atoms with E-state index in [1.165, 1.54) is 18.7 Å². The number of rotatable bonds is 4. The molecule has 5 nitrogen and oxygen atoms in total. The van der Waals surface area contributed by atoms with Crippen molar-refractivity contribution in [1.29, 1.82) is 0 Å². The van der Waals surface area contributed by atoms with Crippen LogP contribution in [-0.2, 0) is 0 Å². The van der Waals surface area contributed by atoms with Crippen LogP contribution in [0, 0.1) is 0 Å². The number of hydrogen-bond acceptors (Lipinski definition) is 4. The van der Waals surface area contributed by atoms with Crippen LogP contribution in [0.4, 0.5) is 5.82 Å². The van der Waals surface area contributed by atoms with Crippen LogP contribution in [0.25, 0.3) is 12.3 Å². The first-order chi connectivity index (χ1) is 10.8. The molecule has 1 aromatic carbocycles. The second-order valence-electron chi connectivity index (χ2n) is 4.70. The minimum atomic E-state index is -0.190. The zero-order valence-corrected chi connectivity index (χ0v) is 11.8. The average molecular weight is 290 g/mol. The number of benzene rings is 1. The van der Waals surface area contributed by atoms with E-state index < -0.39 is 0 Å². The normalized spacial score (nSPS) is 10.9. The van der Waals surface area contributed by atoms with Gasteiger partial charge >= 0.3 is 0 Å². The Balaban J connectivity index is 1.86. The summed E-state index contributed by atoms with van der Waals surface area (Å²) in [6.07, 6.45) is 9.84. The minimum Gasteiger partial charge on any atom is -0.384 e. The molecule has 0 bridgehead atoms. The molecule has 0 unspecified atom stereocenters. The van der Waals surface area contributed by atoms with E-state index >= 15 is 0 Å². The summed E-state index contributed by atoms with van der Waals surface area (Å²) in [7, 11) is 0. The van der Waals surface area contributed by atoms with Gasteiger partial charge in [0.15, 0.2) is 5.78 Å². The topological polar surface area (TPSA) is 73.8 Å². The number of ketones is 1. The third-order valence-corrected chi connectivity index (χ3v) is 3.25. The van der Waals surface area contributed by atoms with Crippen molar-refractivity contribution in [3.05, 3.63) is 78.0 Å². The van der Waals surface area contributed by atoms with Gasteiger partial charge in [-0.1, -0.05) is 30.3 Å². The smallest absolute Gasteiger partial charge is 0.199 e. The van der Waals surface area contributed by atoms with Crippen molar-refractivity contribution < 1.29 is 4.79 Å². The van der Waals surface area contributed by atoms with E-state index in [0.29, 0.717) is 16.9 Å². The molecule has 3 rings (SSSR count). The number of anilines is 1. The summed E-state index contributed by atoms with van der Waals surface area (Å²) in [6, 6.07) is 11.6. The first-order valence-corrected chi connectivity index (χ1v) is 6.75. The van der Waals surface area contributed by atoms with E-state index in [1.807, 2.05) is 42.6 Å². The lowest BCUT2D eigenvalue weighted by Gasteiger charge is -2.02. The van der Waals surface area contributed by atoms with Gasteiger partial charge < -0.3 is 10.3 Å². The van der Waals surface area contributed by atoms with Crippen LogP contribution < -0.4 is 5.73 Å². The predicted octanol–water partition coefficient (Wildman–Crippen LogP) is 2.72. The van der Waals surface area contributed by atoms with Crippen molar-refractivity contribution >= 4 is 23.9 Å². The lowest BCUT2D eigenvalue weighted by molar-refractivity contribution is 0.103.